The molecule has 0 aliphatic carbocycles. The molecule has 0 aliphatic heterocycles. The summed E-state index contributed by atoms with van der Waals surface area (Å²) in [4.78, 5) is 0. The number of nitrogens with one attached hydrogen (secondary N) is 1. The van der Waals surface area contributed by atoms with E-state index >= 15 is 0 Å². The van der Waals surface area contributed by atoms with Gasteiger partial charge in [-0.05, 0) is 20.0 Å². The number of aliphatic hydroxyl groups excluding tert-OH is 2. The fraction of sp³-hybridized carbons (Fsp3) is 0.538. The van der Waals surface area contributed by atoms with Crippen molar-refractivity contribution in [3.8, 4) is 5.75 Å². The largest absolute Gasteiger partial charge is 0.493 e. The second kappa shape index (κ2) is 6.59. The maximum atomic E-state index is 9.23. The lowest BCUT2D eigenvalue weighted by atomic mass is 10.0. The monoisotopic (exact) mass is 239 g/mol. The molecule has 1 atom stereocenters. The normalized spacial score (nSPS) is 14.4. The number of hydrogen-bond donors (Lipinski definition) is 3. The Labute approximate surface area is 102 Å². The molecule has 0 saturated carbocycles. The standard InChI is InChI=1S/C13H21NO3/c1-13(10-16,14-2)7-8-17-12-6-4-3-5-11(12)9-15/h3-6,14-16H,7-10H2,1-2H3. The summed E-state index contributed by atoms with van der Waals surface area (Å²) in [6, 6.07) is 7.40. The molecule has 1 aromatic carbocycles. The SMILES string of the molecule is CNC(C)(CO)CCOc1ccccc1CO. The lowest BCUT2D eigenvalue weighted by Crippen LogP contribution is -2.44. The first kappa shape index (κ1) is 14.0. The van der Waals surface area contributed by atoms with E-state index in [1.807, 2.05) is 38.2 Å². The van der Waals surface area contributed by atoms with Crippen LogP contribution in [0.3, 0.4) is 0 Å². The number of rotatable bonds is 7. The lowest BCUT2D eigenvalue weighted by molar-refractivity contribution is 0.150. The van der Waals surface area contributed by atoms with Gasteiger partial charge < -0.3 is 20.3 Å². The minimum atomic E-state index is -0.325. The van der Waals surface area contributed by atoms with Crippen molar-refractivity contribution in [1.82, 2.24) is 5.32 Å². The molecule has 0 heterocycles. The summed E-state index contributed by atoms with van der Waals surface area (Å²) in [5.41, 5.74) is 0.455. The highest BCUT2D eigenvalue weighted by molar-refractivity contribution is 5.32. The molecule has 3 N–H and O–H groups in total. The summed E-state index contributed by atoms with van der Waals surface area (Å²) in [5.74, 6) is 0.700. The van der Waals surface area contributed by atoms with Crippen molar-refractivity contribution in [2.24, 2.45) is 0 Å². The molecule has 4 nitrogen and oxygen atoms in total. The molecule has 4 heteroatoms. The number of aliphatic hydroxyl groups is 2. The van der Waals surface area contributed by atoms with Gasteiger partial charge in [-0.3, -0.25) is 0 Å². The smallest absolute Gasteiger partial charge is 0.124 e. The minimum Gasteiger partial charge on any atom is -0.493 e. The molecule has 0 amide bonds. The zero-order valence-corrected chi connectivity index (χ0v) is 10.4. The molecule has 0 radical (unpaired) electrons. The Hall–Kier alpha value is -1.10. The van der Waals surface area contributed by atoms with E-state index in [9.17, 15) is 5.11 Å². The van der Waals surface area contributed by atoms with E-state index in [4.69, 9.17) is 9.84 Å². The third-order valence-corrected chi connectivity index (χ3v) is 3.01. The Morgan fingerprint density at radius 2 is 2.00 bits per heavy atom. The highest BCUT2D eigenvalue weighted by atomic mass is 16.5. The second-order valence-electron chi connectivity index (χ2n) is 4.33. The molecule has 0 spiro atoms. The van der Waals surface area contributed by atoms with Gasteiger partial charge in [0.05, 0.1) is 19.8 Å². The Bertz CT molecular complexity index is 337. The summed E-state index contributed by atoms with van der Waals surface area (Å²) < 4.78 is 5.62. The lowest BCUT2D eigenvalue weighted by Gasteiger charge is -2.26. The van der Waals surface area contributed by atoms with Gasteiger partial charge in [0.15, 0.2) is 0 Å². The third-order valence-electron chi connectivity index (χ3n) is 3.01. The van der Waals surface area contributed by atoms with Gasteiger partial charge in [-0.15, -0.1) is 0 Å². The summed E-state index contributed by atoms with van der Waals surface area (Å²) in [5, 5.41) is 21.4. The van der Waals surface area contributed by atoms with Gasteiger partial charge in [0.2, 0.25) is 0 Å². The molecule has 17 heavy (non-hydrogen) atoms. The fourth-order valence-electron chi connectivity index (χ4n) is 1.44. The number of likely N-dealkylation sites (N-methyl/N-ethyl adjacent to an activating group) is 1. The highest BCUT2D eigenvalue weighted by Crippen LogP contribution is 2.18. The Balaban J connectivity index is 2.51. The quantitative estimate of drug-likeness (QED) is 0.662. The highest BCUT2D eigenvalue weighted by Gasteiger charge is 2.20. The number of para-hydroxylation sites is 1. The van der Waals surface area contributed by atoms with Crippen molar-refractivity contribution in [2.75, 3.05) is 20.3 Å². The van der Waals surface area contributed by atoms with Crippen LogP contribution >= 0.6 is 0 Å². The second-order valence-corrected chi connectivity index (χ2v) is 4.33. The summed E-state index contributed by atoms with van der Waals surface area (Å²) >= 11 is 0. The van der Waals surface area contributed by atoms with Crippen molar-refractivity contribution in [3.05, 3.63) is 29.8 Å². The Kier molecular flexibility index (Phi) is 5.41. The minimum absolute atomic E-state index is 0.0283. The van der Waals surface area contributed by atoms with Crippen LogP contribution in [0, 0.1) is 0 Å². The van der Waals surface area contributed by atoms with Crippen LogP contribution in [0.4, 0.5) is 0 Å². The maximum absolute atomic E-state index is 9.23. The van der Waals surface area contributed by atoms with Crippen LogP contribution < -0.4 is 10.1 Å². The van der Waals surface area contributed by atoms with Crippen LogP contribution in [0.15, 0.2) is 24.3 Å². The topological polar surface area (TPSA) is 61.7 Å². The van der Waals surface area contributed by atoms with Crippen LogP contribution in [0.25, 0.3) is 0 Å². The van der Waals surface area contributed by atoms with Crippen molar-refractivity contribution >= 4 is 0 Å². The van der Waals surface area contributed by atoms with Gasteiger partial charge in [0.25, 0.3) is 0 Å². The average Bonchev–Trinajstić information content (AvgIpc) is 2.39. The van der Waals surface area contributed by atoms with Crippen LogP contribution in [0.2, 0.25) is 0 Å². The predicted molar refractivity (Wildman–Crippen MR) is 67.0 cm³/mol. The molecular weight excluding hydrogens is 218 g/mol. The predicted octanol–water partition coefficient (Wildman–Crippen LogP) is 0.918. The van der Waals surface area contributed by atoms with Gasteiger partial charge in [-0.25, -0.2) is 0 Å². The van der Waals surface area contributed by atoms with Crippen LogP contribution in [0.1, 0.15) is 18.9 Å². The Morgan fingerprint density at radius 1 is 1.29 bits per heavy atom. The zero-order chi connectivity index (χ0) is 12.7. The van der Waals surface area contributed by atoms with Crippen LogP contribution in [0.5, 0.6) is 5.75 Å². The molecule has 0 bridgehead atoms. The van der Waals surface area contributed by atoms with E-state index in [1.165, 1.54) is 0 Å². The molecule has 1 unspecified atom stereocenters. The van der Waals surface area contributed by atoms with Crippen LogP contribution in [-0.2, 0) is 6.61 Å². The van der Waals surface area contributed by atoms with E-state index in [2.05, 4.69) is 5.32 Å². The van der Waals surface area contributed by atoms with Gasteiger partial charge >= 0.3 is 0 Å². The molecular formula is C13H21NO3. The average molecular weight is 239 g/mol. The van der Waals surface area contributed by atoms with Gasteiger partial charge in [-0.1, -0.05) is 18.2 Å². The Morgan fingerprint density at radius 3 is 2.59 bits per heavy atom. The van der Waals surface area contributed by atoms with Crippen molar-refractivity contribution in [3.63, 3.8) is 0 Å². The first-order valence-electron chi connectivity index (χ1n) is 5.76. The molecule has 96 valence electrons. The van der Waals surface area contributed by atoms with E-state index in [-0.39, 0.29) is 18.8 Å². The first-order chi connectivity index (χ1) is 8.15. The molecule has 0 aliphatic rings. The molecule has 0 fully saturated rings. The number of benzene rings is 1. The molecule has 0 aromatic heterocycles. The third kappa shape index (κ3) is 4.00. The van der Waals surface area contributed by atoms with Crippen molar-refractivity contribution in [2.45, 2.75) is 25.5 Å². The van der Waals surface area contributed by atoms with Crippen molar-refractivity contribution < 1.29 is 14.9 Å². The molecule has 0 saturated heterocycles. The summed E-state index contributed by atoms with van der Waals surface area (Å²) in [7, 11) is 1.82. The molecule has 1 aromatic rings. The first-order valence-corrected chi connectivity index (χ1v) is 5.76. The summed E-state index contributed by atoms with van der Waals surface area (Å²) in [6.07, 6.45) is 0.694. The van der Waals surface area contributed by atoms with E-state index < -0.39 is 0 Å². The van der Waals surface area contributed by atoms with Gasteiger partial charge in [0.1, 0.15) is 5.75 Å². The van der Waals surface area contributed by atoms with E-state index in [0.717, 1.165) is 5.56 Å². The van der Waals surface area contributed by atoms with Gasteiger partial charge in [-0.2, -0.15) is 0 Å². The number of hydrogen-bond acceptors (Lipinski definition) is 4. The van der Waals surface area contributed by atoms with E-state index in [0.29, 0.717) is 18.8 Å². The van der Waals surface area contributed by atoms with Crippen LogP contribution in [-0.4, -0.2) is 36.0 Å². The maximum Gasteiger partial charge on any atom is 0.124 e. The summed E-state index contributed by atoms with van der Waals surface area (Å²) in [6.45, 7) is 2.47. The number of ether oxygens (including phenoxy) is 1. The fourth-order valence-corrected chi connectivity index (χ4v) is 1.44. The molecule has 1 rings (SSSR count). The zero-order valence-electron chi connectivity index (χ0n) is 10.4. The van der Waals surface area contributed by atoms with Gasteiger partial charge in [0, 0.05) is 17.5 Å². The van der Waals surface area contributed by atoms with E-state index in [1.54, 1.807) is 0 Å². The van der Waals surface area contributed by atoms with Crippen molar-refractivity contribution in [1.29, 1.82) is 0 Å².